The number of para-hydroxylation sites is 2. The Morgan fingerprint density at radius 3 is 1.65 bits per heavy atom. The maximum Gasteiger partial charge on any atom is 0.0561 e. The average Bonchev–Trinajstić information content (AvgIpc) is 3.58. The fourth-order valence-corrected chi connectivity index (χ4v) is 8.11. The van der Waals surface area contributed by atoms with Crippen molar-refractivity contribution in [3.8, 4) is 39.1 Å². The van der Waals surface area contributed by atoms with Gasteiger partial charge >= 0.3 is 0 Å². The fraction of sp³-hybridized carbons (Fsp3) is 0. The molecule has 0 atom stereocenters. The predicted molar refractivity (Wildman–Crippen MR) is 229 cm³/mol. The summed E-state index contributed by atoms with van der Waals surface area (Å²) in [7, 11) is 0. The van der Waals surface area contributed by atoms with E-state index in [1.807, 2.05) is 0 Å². The highest BCUT2D eigenvalue weighted by Crippen LogP contribution is 2.49. The molecule has 0 spiro atoms. The number of anilines is 3. The van der Waals surface area contributed by atoms with E-state index in [0.717, 1.165) is 39.4 Å². The molecule has 0 aliphatic heterocycles. The van der Waals surface area contributed by atoms with Crippen molar-refractivity contribution >= 4 is 49.6 Å². The lowest BCUT2D eigenvalue weighted by atomic mass is 9.93. The van der Waals surface area contributed by atoms with Gasteiger partial charge in [0.05, 0.1) is 22.4 Å². The minimum Gasteiger partial charge on any atom is -0.309 e. The smallest absolute Gasteiger partial charge is 0.0561 e. The van der Waals surface area contributed by atoms with Gasteiger partial charge in [-0.3, -0.25) is 0 Å². The highest BCUT2D eigenvalue weighted by molar-refractivity contribution is 6.12. The Morgan fingerprint density at radius 2 is 0.907 bits per heavy atom. The zero-order valence-corrected chi connectivity index (χ0v) is 29.7. The highest BCUT2D eigenvalue weighted by atomic mass is 15.1. The van der Waals surface area contributed by atoms with Crippen LogP contribution in [0.4, 0.5) is 17.1 Å². The second-order valence-corrected chi connectivity index (χ2v) is 13.7. The molecule has 2 heteroatoms. The molecule has 0 radical (unpaired) electrons. The van der Waals surface area contributed by atoms with E-state index in [0.29, 0.717) is 0 Å². The Morgan fingerprint density at radius 1 is 0.333 bits per heavy atom. The lowest BCUT2D eigenvalue weighted by Crippen LogP contribution is -2.13. The Balaban J connectivity index is 1.32. The van der Waals surface area contributed by atoms with Gasteiger partial charge in [-0.1, -0.05) is 170 Å². The lowest BCUT2D eigenvalue weighted by molar-refractivity contribution is 1.18. The van der Waals surface area contributed by atoms with Crippen molar-refractivity contribution in [2.75, 3.05) is 4.90 Å². The van der Waals surface area contributed by atoms with E-state index in [2.05, 4.69) is 228 Å². The molecule has 10 rings (SSSR count). The van der Waals surface area contributed by atoms with Crippen LogP contribution in [0, 0.1) is 0 Å². The van der Waals surface area contributed by atoms with Crippen molar-refractivity contribution in [3.05, 3.63) is 218 Å². The van der Waals surface area contributed by atoms with Crippen molar-refractivity contribution in [2.45, 2.75) is 0 Å². The Bertz CT molecular complexity index is 2910. The van der Waals surface area contributed by atoms with Crippen molar-refractivity contribution < 1.29 is 0 Å². The van der Waals surface area contributed by atoms with E-state index in [4.69, 9.17) is 0 Å². The summed E-state index contributed by atoms with van der Waals surface area (Å²) in [4.78, 5) is 2.48. The molecule has 1 aromatic heterocycles. The van der Waals surface area contributed by atoms with Gasteiger partial charge in [-0.2, -0.15) is 0 Å². The summed E-state index contributed by atoms with van der Waals surface area (Å²) in [5, 5.41) is 4.89. The van der Waals surface area contributed by atoms with Crippen LogP contribution in [-0.4, -0.2) is 4.57 Å². The van der Waals surface area contributed by atoms with Crippen LogP contribution in [0.5, 0.6) is 0 Å². The van der Waals surface area contributed by atoms with Crippen molar-refractivity contribution in [2.24, 2.45) is 0 Å². The summed E-state index contributed by atoms with van der Waals surface area (Å²) >= 11 is 0. The molecule has 0 aliphatic rings. The Hall–Kier alpha value is -7.16. The van der Waals surface area contributed by atoms with Crippen LogP contribution in [0.25, 0.3) is 71.6 Å². The average molecular weight is 689 g/mol. The summed E-state index contributed by atoms with van der Waals surface area (Å²) in [6.45, 7) is 0. The van der Waals surface area contributed by atoms with E-state index in [1.165, 1.54) is 49.3 Å². The molecule has 0 fully saturated rings. The Labute approximate surface area is 315 Å². The molecule has 0 saturated heterocycles. The molecular formula is C52H36N2. The lowest BCUT2D eigenvalue weighted by Gasteiger charge is -2.31. The zero-order valence-electron chi connectivity index (χ0n) is 29.7. The molecular weight excluding hydrogens is 653 g/mol. The maximum atomic E-state index is 2.48. The first-order valence-corrected chi connectivity index (χ1v) is 18.5. The van der Waals surface area contributed by atoms with E-state index >= 15 is 0 Å². The summed E-state index contributed by atoms with van der Waals surface area (Å²) < 4.78 is 2.40. The molecule has 0 unspecified atom stereocenters. The van der Waals surface area contributed by atoms with Gasteiger partial charge in [0.15, 0.2) is 0 Å². The monoisotopic (exact) mass is 688 g/mol. The summed E-state index contributed by atoms with van der Waals surface area (Å²) in [6, 6.07) is 79.0. The summed E-state index contributed by atoms with van der Waals surface area (Å²) in [6.07, 6.45) is 0. The fourth-order valence-electron chi connectivity index (χ4n) is 8.11. The molecule has 0 amide bonds. The molecule has 2 nitrogen and oxygen atoms in total. The van der Waals surface area contributed by atoms with Gasteiger partial charge in [0.2, 0.25) is 0 Å². The molecule has 0 N–H and O–H groups in total. The second-order valence-electron chi connectivity index (χ2n) is 13.7. The zero-order chi connectivity index (χ0) is 35.8. The minimum atomic E-state index is 1.08. The SMILES string of the molecule is c1ccc(-c2ccc(N(c3ccc4c5ccccc5n(-c5ccccc5)c4c3)c3ccc4ccccc4c3-c3ccccc3)c(-c3ccccc3)c2)cc1. The topological polar surface area (TPSA) is 8.17 Å². The standard InChI is InChI=1S/C52H36N2/c1-5-17-37(18-6-1)41-30-33-49(47(35-41)38-19-7-2-8-20-38)54(50-34-29-39-21-13-14-26-44(39)52(50)40-22-9-3-10-23-40)43-31-32-46-45-27-15-16-28-48(45)53(51(46)36-43)42-24-11-4-12-25-42/h1-36H. The number of benzene rings is 9. The summed E-state index contributed by atoms with van der Waals surface area (Å²) in [5.74, 6) is 0. The predicted octanol–water partition coefficient (Wildman–Crippen LogP) is 14.4. The Kier molecular flexibility index (Phi) is 7.85. The van der Waals surface area contributed by atoms with Crippen molar-refractivity contribution in [1.29, 1.82) is 0 Å². The van der Waals surface area contributed by atoms with Gasteiger partial charge in [-0.15, -0.1) is 0 Å². The molecule has 0 aliphatic carbocycles. The number of aromatic nitrogens is 1. The normalized spacial score (nSPS) is 11.3. The van der Waals surface area contributed by atoms with E-state index in [9.17, 15) is 0 Å². The molecule has 1 heterocycles. The number of hydrogen-bond acceptors (Lipinski definition) is 1. The molecule has 54 heavy (non-hydrogen) atoms. The first-order chi connectivity index (χ1) is 26.8. The molecule has 254 valence electrons. The van der Waals surface area contributed by atoms with Gasteiger partial charge in [-0.25, -0.2) is 0 Å². The molecule has 9 aromatic carbocycles. The van der Waals surface area contributed by atoms with Gasteiger partial charge in [0.25, 0.3) is 0 Å². The van der Waals surface area contributed by atoms with Gasteiger partial charge in [0.1, 0.15) is 0 Å². The largest absolute Gasteiger partial charge is 0.309 e. The first kappa shape index (κ1) is 31.6. The van der Waals surface area contributed by atoms with Crippen molar-refractivity contribution in [3.63, 3.8) is 0 Å². The van der Waals surface area contributed by atoms with Crippen LogP contribution in [-0.2, 0) is 0 Å². The third-order valence-corrected chi connectivity index (χ3v) is 10.6. The van der Waals surface area contributed by atoms with Crippen LogP contribution < -0.4 is 4.90 Å². The van der Waals surface area contributed by atoms with E-state index in [-0.39, 0.29) is 0 Å². The van der Waals surface area contributed by atoms with Gasteiger partial charge < -0.3 is 9.47 Å². The highest BCUT2D eigenvalue weighted by Gasteiger charge is 2.24. The third-order valence-electron chi connectivity index (χ3n) is 10.6. The van der Waals surface area contributed by atoms with Crippen LogP contribution in [0.15, 0.2) is 218 Å². The van der Waals surface area contributed by atoms with Crippen LogP contribution in [0.2, 0.25) is 0 Å². The minimum absolute atomic E-state index is 1.08. The second kappa shape index (κ2) is 13.4. The third kappa shape index (κ3) is 5.44. The van der Waals surface area contributed by atoms with E-state index < -0.39 is 0 Å². The van der Waals surface area contributed by atoms with Crippen molar-refractivity contribution in [1.82, 2.24) is 4.57 Å². The number of hydrogen-bond donors (Lipinski definition) is 0. The van der Waals surface area contributed by atoms with Gasteiger partial charge in [0, 0.05) is 33.3 Å². The number of fused-ring (bicyclic) bond motifs is 4. The van der Waals surface area contributed by atoms with Crippen LogP contribution in [0.3, 0.4) is 0 Å². The van der Waals surface area contributed by atoms with Crippen LogP contribution in [0.1, 0.15) is 0 Å². The number of rotatable bonds is 7. The maximum absolute atomic E-state index is 2.48. The molecule has 0 bridgehead atoms. The van der Waals surface area contributed by atoms with Crippen LogP contribution >= 0.6 is 0 Å². The molecule has 0 saturated carbocycles. The quantitative estimate of drug-likeness (QED) is 0.162. The molecule has 10 aromatic rings. The number of nitrogens with zero attached hydrogens (tertiary/aromatic N) is 2. The first-order valence-electron chi connectivity index (χ1n) is 18.5. The summed E-state index contributed by atoms with van der Waals surface area (Å²) in [5.41, 5.74) is 13.9. The van der Waals surface area contributed by atoms with E-state index in [1.54, 1.807) is 0 Å². The van der Waals surface area contributed by atoms with Gasteiger partial charge in [-0.05, 0) is 81.6 Å².